The van der Waals surface area contributed by atoms with Crippen LogP contribution in [-0.2, 0) is 0 Å². The van der Waals surface area contributed by atoms with Gasteiger partial charge in [0.1, 0.15) is 0 Å². The Kier molecular flexibility index (Phi) is 3.57. The molecule has 0 saturated heterocycles. The first-order chi connectivity index (χ1) is 7.21. The van der Waals surface area contributed by atoms with Crippen LogP contribution in [0, 0.1) is 16.0 Å². The summed E-state index contributed by atoms with van der Waals surface area (Å²) in [7, 11) is 0. The first kappa shape index (κ1) is 13.0. The van der Waals surface area contributed by atoms with E-state index in [2.05, 4.69) is 0 Å². The summed E-state index contributed by atoms with van der Waals surface area (Å²) in [4.78, 5) is 9.91. The predicted octanol–water partition coefficient (Wildman–Crippen LogP) is 1.88. The molecule has 0 bridgehead atoms. The summed E-state index contributed by atoms with van der Waals surface area (Å²) in [6, 6.07) is -1.76. The third kappa shape index (κ3) is 2.94. The van der Waals surface area contributed by atoms with Crippen LogP contribution in [0.1, 0.15) is 19.8 Å². The van der Waals surface area contributed by atoms with Crippen molar-refractivity contribution in [1.29, 1.82) is 0 Å². The van der Waals surface area contributed by atoms with Crippen LogP contribution in [-0.4, -0.2) is 23.2 Å². The average Bonchev–Trinajstić information content (AvgIpc) is 2.15. The van der Waals surface area contributed by atoms with E-state index in [1.807, 2.05) is 0 Å². The van der Waals surface area contributed by atoms with Gasteiger partial charge >= 0.3 is 6.18 Å². The predicted molar refractivity (Wildman–Crippen MR) is 51.3 cm³/mol. The van der Waals surface area contributed by atoms with E-state index in [9.17, 15) is 23.3 Å². The van der Waals surface area contributed by atoms with Crippen molar-refractivity contribution in [1.82, 2.24) is 0 Å². The lowest BCUT2D eigenvalue weighted by molar-refractivity contribution is -0.526. The van der Waals surface area contributed by atoms with Crippen molar-refractivity contribution >= 4 is 0 Å². The van der Waals surface area contributed by atoms with E-state index in [0.29, 0.717) is 5.57 Å². The molecule has 0 aromatic heterocycles. The van der Waals surface area contributed by atoms with E-state index in [4.69, 9.17) is 5.73 Å². The number of nitrogens with zero attached hydrogens (tertiary/aromatic N) is 1. The van der Waals surface area contributed by atoms with Crippen molar-refractivity contribution in [3.63, 3.8) is 0 Å². The molecule has 0 aromatic carbocycles. The van der Waals surface area contributed by atoms with Gasteiger partial charge in [-0.1, -0.05) is 11.6 Å². The fourth-order valence-corrected chi connectivity index (χ4v) is 1.77. The molecule has 0 aromatic rings. The van der Waals surface area contributed by atoms with Crippen molar-refractivity contribution in [3.8, 4) is 0 Å². The lowest BCUT2D eigenvalue weighted by atomic mass is 9.84. The van der Waals surface area contributed by atoms with Crippen LogP contribution in [0.4, 0.5) is 13.2 Å². The van der Waals surface area contributed by atoms with Crippen LogP contribution in [0.5, 0.6) is 0 Å². The molecule has 1 aliphatic rings. The van der Waals surface area contributed by atoms with Gasteiger partial charge in [0.25, 0.3) is 0 Å². The fraction of sp³-hybridized carbons (Fsp3) is 0.778. The molecule has 1 rings (SSSR count). The molecule has 0 amide bonds. The third-order valence-corrected chi connectivity index (χ3v) is 2.72. The minimum Gasteiger partial charge on any atom is -0.324 e. The molecule has 2 N–H and O–H groups in total. The highest BCUT2D eigenvalue weighted by Crippen LogP contribution is 2.37. The normalized spacial score (nSPS) is 28.4. The van der Waals surface area contributed by atoms with Gasteiger partial charge in [-0.3, -0.25) is 10.1 Å². The number of nitrogens with two attached hydrogens (primary N) is 1. The van der Waals surface area contributed by atoms with Crippen molar-refractivity contribution < 1.29 is 18.1 Å². The molecule has 0 saturated carbocycles. The van der Waals surface area contributed by atoms with Crippen molar-refractivity contribution in [3.05, 3.63) is 21.8 Å². The van der Waals surface area contributed by atoms with Gasteiger partial charge in [-0.25, -0.2) is 0 Å². The standard InChI is InChI=1S/C9H13F3N2O2/c1-5(13)6-2-7(9(10,11)12)4-8(3-6)14(15)16/h2,5,7-8H,3-4,13H2,1H3. The Bertz CT molecular complexity index is 312. The van der Waals surface area contributed by atoms with E-state index in [1.165, 1.54) is 6.92 Å². The van der Waals surface area contributed by atoms with Crippen LogP contribution in [0.25, 0.3) is 0 Å². The van der Waals surface area contributed by atoms with Gasteiger partial charge in [-0.05, 0) is 6.92 Å². The number of alkyl halides is 3. The van der Waals surface area contributed by atoms with Gasteiger partial charge in [-0.2, -0.15) is 13.2 Å². The zero-order valence-electron chi connectivity index (χ0n) is 8.70. The van der Waals surface area contributed by atoms with Crippen LogP contribution in [0.15, 0.2) is 11.6 Å². The Balaban J connectivity index is 2.94. The lowest BCUT2D eigenvalue weighted by Gasteiger charge is -2.26. The van der Waals surface area contributed by atoms with Gasteiger partial charge in [0, 0.05) is 23.8 Å². The summed E-state index contributed by atoms with van der Waals surface area (Å²) < 4.78 is 37.5. The second-order valence-electron chi connectivity index (χ2n) is 4.06. The Morgan fingerprint density at radius 1 is 1.62 bits per heavy atom. The van der Waals surface area contributed by atoms with Crippen LogP contribution >= 0.6 is 0 Å². The van der Waals surface area contributed by atoms with E-state index in [0.717, 1.165) is 6.08 Å². The number of hydrogen-bond donors (Lipinski definition) is 1. The van der Waals surface area contributed by atoms with Gasteiger partial charge in [0.2, 0.25) is 6.04 Å². The first-order valence-electron chi connectivity index (χ1n) is 4.88. The number of nitro groups is 1. The van der Waals surface area contributed by atoms with Crippen LogP contribution in [0.2, 0.25) is 0 Å². The molecule has 3 atom stereocenters. The minimum absolute atomic E-state index is 0.0112. The van der Waals surface area contributed by atoms with Crippen molar-refractivity contribution in [2.45, 2.75) is 38.0 Å². The van der Waals surface area contributed by atoms with Crippen molar-refractivity contribution in [2.24, 2.45) is 11.7 Å². The third-order valence-electron chi connectivity index (χ3n) is 2.72. The zero-order chi connectivity index (χ0) is 12.5. The van der Waals surface area contributed by atoms with Gasteiger partial charge in [0.05, 0.1) is 5.92 Å². The van der Waals surface area contributed by atoms with E-state index < -0.39 is 35.5 Å². The number of allylic oxidation sites excluding steroid dienone is 1. The molecule has 0 heterocycles. The molecule has 16 heavy (non-hydrogen) atoms. The molecule has 0 spiro atoms. The minimum atomic E-state index is -4.44. The molecule has 0 aliphatic heterocycles. The Morgan fingerprint density at radius 3 is 2.56 bits per heavy atom. The average molecular weight is 238 g/mol. The Hall–Kier alpha value is -1.11. The van der Waals surface area contributed by atoms with E-state index in [-0.39, 0.29) is 6.42 Å². The zero-order valence-corrected chi connectivity index (χ0v) is 8.70. The molecule has 3 unspecified atom stereocenters. The highest BCUT2D eigenvalue weighted by molar-refractivity contribution is 5.16. The highest BCUT2D eigenvalue weighted by Gasteiger charge is 2.45. The van der Waals surface area contributed by atoms with Crippen LogP contribution in [0.3, 0.4) is 0 Å². The molecule has 1 aliphatic carbocycles. The Labute approximate surface area is 90.5 Å². The summed E-state index contributed by atoms with van der Waals surface area (Å²) in [5.41, 5.74) is 5.79. The highest BCUT2D eigenvalue weighted by atomic mass is 19.4. The molecular weight excluding hydrogens is 225 g/mol. The maximum Gasteiger partial charge on any atom is 0.395 e. The van der Waals surface area contributed by atoms with Crippen LogP contribution < -0.4 is 5.73 Å². The number of halogens is 3. The summed E-state index contributed by atoms with van der Waals surface area (Å²) in [5, 5.41) is 10.6. The van der Waals surface area contributed by atoms with Crippen molar-refractivity contribution in [2.75, 3.05) is 0 Å². The molecular formula is C9H13F3N2O2. The molecule has 0 fully saturated rings. The smallest absolute Gasteiger partial charge is 0.324 e. The maximum atomic E-state index is 12.5. The second kappa shape index (κ2) is 4.40. The molecule has 4 nitrogen and oxygen atoms in total. The largest absolute Gasteiger partial charge is 0.395 e. The lowest BCUT2D eigenvalue weighted by Crippen LogP contribution is -2.36. The SMILES string of the molecule is CC(N)C1=CC(C(F)(F)F)CC([N+](=O)[O-])C1. The quantitative estimate of drug-likeness (QED) is 0.453. The fourth-order valence-electron chi connectivity index (χ4n) is 1.77. The summed E-state index contributed by atoms with van der Waals surface area (Å²) in [6.07, 6.45) is -3.89. The summed E-state index contributed by atoms with van der Waals surface area (Å²) in [6.45, 7) is 1.53. The Morgan fingerprint density at radius 2 is 2.19 bits per heavy atom. The monoisotopic (exact) mass is 238 g/mol. The molecule has 0 radical (unpaired) electrons. The number of hydrogen-bond acceptors (Lipinski definition) is 3. The van der Waals surface area contributed by atoms with E-state index in [1.54, 1.807) is 0 Å². The summed E-state index contributed by atoms with van der Waals surface area (Å²) in [5.74, 6) is -1.75. The maximum absolute atomic E-state index is 12.5. The summed E-state index contributed by atoms with van der Waals surface area (Å²) >= 11 is 0. The van der Waals surface area contributed by atoms with Gasteiger partial charge in [0.15, 0.2) is 0 Å². The van der Waals surface area contributed by atoms with Gasteiger partial charge < -0.3 is 5.73 Å². The topological polar surface area (TPSA) is 69.2 Å². The molecule has 7 heteroatoms. The number of rotatable bonds is 2. The second-order valence-corrected chi connectivity index (χ2v) is 4.06. The first-order valence-corrected chi connectivity index (χ1v) is 4.88. The van der Waals surface area contributed by atoms with E-state index >= 15 is 0 Å². The van der Waals surface area contributed by atoms with Gasteiger partial charge in [-0.15, -0.1) is 0 Å². The molecule has 92 valence electrons.